The number of aryl methyl sites for hydroxylation is 2. The number of halogens is 4. The van der Waals surface area contributed by atoms with Gasteiger partial charge in [0, 0.05) is 10.9 Å². The van der Waals surface area contributed by atoms with Gasteiger partial charge in [-0.1, -0.05) is 22.0 Å². The summed E-state index contributed by atoms with van der Waals surface area (Å²) in [5.74, 6) is -1.65. The van der Waals surface area contributed by atoms with Crippen molar-refractivity contribution in [2.75, 3.05) is 0 Å². The van der Waals surface area contributed by atoms with Crippen LogP contribution in [0.25, 0.3) is 0 Å². The third-order valence-electron chi connectivity index (χ3n) is 2.47. The minimum Gasteiger partial charge on any atom is -0.290 e. The molecule has 1 rings (SSSR count). The summed E-state index contributed by atoms with van der Waals surface area (Å²) >= 11 is 3.31. The largest absolute Gasteiger partial charge is 0.449 e. The molecule has 0 unspecified atom stereocenters. The van der Waals surface area contributed by atoms with E-state index >= 15 is 0 Å². The lowest BCUT2D eigenvalue weighted by Crippen LogP contribution is -2.22. The van der Waals surface area contributed by atoms with E-state index in [0.717, 1.165) is 15.6 Å². The Kier molecular flexibility index (Phi) is 4.74. The number of carbonyl (C=O) groups excluding carboxylic acids is 1. The highest BCUT2D eigenvalue weighted by Gasteiger charge is 2.37. The van der Waals surface area contributed by atoms with Crippen LogP contribution in [0.5, 0.6) is 0 Å². The summed E-state index contributed by atoms with van der Waals surface area (Å²) in [4.78, 5) is 10.7. The molecule has 0 heterocycles. The van der Waals surface area contributed by atoms with Gasteiger partial charge >= 0.3 is 6.18 Å². The van der Waals surface area contributed by atoms with E-state index in [9.17, 15) is 18.0 Å². The molecule has 1 aromatic rings. The van der Waals surface area contributed by atoms with Gasteiger partial charge in [-0.2, -0.15) is 13.2 Å². The molecule has 1 aromatic carbocycles. The third-order valence-corrected chi connectivity index (χ3v) is 2.96. The fourth-order valence-corrected chi connectivity index (χ4v) is 2.00. The predicted octanol–water partition coefficient (Wildman–Crippen LogP) is 4.21. The lowest BCUT2D eigenvalue weighted by molar-refractivity contribution is -0.171. The summed E-state index contributed by atoms with van der Waals surface area (Å²) in [6.45, 7) is 1.89. The summed E-state index contributed by atoms with van der Waals surface area (Å²) in [6, 6.07) is 5.60. The van der Waals surface area contributed by atoms with E-state index in [-0.39, 0.29) is 6.42 Å². The summed E-state index contributed by atoms with van der Waals surface area (Å²) in [6.07, 6.45) is -4.44. The highest BCUT2D eigenvalue weighted by atomic mass is 79.9. The molecule has 0 aromatic heterocycles. The Morgan fingerprint density at radius 3 is 2.53 bits per heavy atom. The zero-order chi connectivity index (χ0) is 13.1. The highest BCUT2D eigenvalue weighted by molar-refractivity contribution is 9.10. The second-order valence-electron chi connectivity index (χ2n) is 3.85. The first-order valence-electron chi connectivity index (χ1n) is 5.16. The maximum atomic E-state index is 12.0. The molecule has 0 radical (unpaired) electrons. The monoisotopic (exact) mass is 308 g/mol. The van der Waals surface area contributed by atoms with Gasteiger partial charge in [0.25, 0.3) is 0 Å². The average molecular weight is 309 g/mol. The van der Waals surface area contributed by atoms with Gasteiger partial charge in [0.2, 0.25) is 5.78 Å². The first kappa shape index (κ1) is 14.2. The lowest BCUT2D eigenvalue weighted by atomic mass is 10.0. The number of hydrogen-bond donors (Lipinski definition) is 0. The van der Waals surface area contributed by atoms with Gasteiger partial charge in [-0.05, 0) is 43.0 Å². The number of benzene rings is 1. The predicted molar refractivity (Wildman–Crippen MR) is 62.9 cm³/mol. The quantitative estimate of drug-likeness (QED) is 0.814. The van der Waals surface area contributed by atoms with Gasteiger partial charge in [0.1, 0.15) is 0 Å². The summed E-state index contributed by atoms with van der Waals surface area (Å²) in [5, 5.41) is 0. The zero-order valence-electron chi connectivity index (χ0n) is 9.27. The molecule has 1 nitrogen and oxygen atoms in total. The molecule has 0 spiro atoms. The van der Waals surface area contributed by atoms with E-state index in [2.05, 4.69) is 15.9 Å². The molecule has 94 valence electrons. The third kappa shape index (κ3) is 4.50. The second kappa shape index (κ2) is 5.67. The van der Waals surface area contributed by atoms with Crippen LogP contribution in [0, 0.1) is 6.92 Å². The van der Waals surface area contributed by atoms with Crippen molar-refractivity contribution in [3.8, 4) is 0 Å². The number of Topliss-reactive ketones (excluding diaryl/α,β-unsaturated/α-hetero) is 1. The number of hydrogen-bond acceptors (Lipinski definition) is 1. The van der Waals surface area contributed by atoms with Crippen LogP contribution in [0.4, 0.5) is 13.2 Å². The van der Waals surface area contributed by atoms with Gasteiger partial charge in [-0.25, -0.2) is 0 Å². The number of carbonyl (C=O) groups is 1. The van der Waals surface area contributed by atoms with Crippen molar-refractivity contribution in [1.82, 2.24) is 0 Å². The van der Waals surface area contributed by atoms with Crippen molar-refractivity contribution >= 4 is 21.7 Å². The van der Waals surface area contributed by atoms with Crippen LogP contribution in [-0.4, -0.2) is 12.0 Å². The normalized spacial score (nSPS) is 11.6. The SMILES string of the molecule is Cc1cc(Br)ccc1CCCC(=O)C(F)(F)F. The standard InChI is InChI=1S/C12H12BrF3O/c1-8-7-10(13)6-5-9(8)3-2-4-11(17)12(14,15)16/h5-7H,2-4H2,1H3. The lowest BCUT2D eigenvalue weighted by Gasteiger charge is -2.07. The van der Waals surface area contributed by atoms with Crippen LogP contribution in [0.2, 0.25) is 0 Å². The first-order valence-corrected chi connectivity index (χ1v) is 5.95. The molecule has 0 bridgehead atoms. The van der Waals surface area contributed by atoms with Crippen LogP contribution in [-0.2, 0) is 11.2 Å². The minimum atomic E-state index is -4.70. The zero-order valence-corrected chi connectivity index (χ0v) is 10.9. The molecule has 0 aliphatic heterocycles. The van der Waals surface area contributed by atoms with Crippen LogP contribution in [0.15, 0.2) is 22.7 Å². The van der Waals surface area contributed by atoms with Gasteiger partial charge < -0.3 is 0 Å². The second-order valence-corrected chi connectivity index (χ2v) is 4.76. The van der Waals surface area contributed by atoms with Crippen molar-refractivity contribution in [3.63, 3.8) is 0 Å². The molecule has 0 aliphatic rings. The van der Waals surface area contributed by atoms with Crippen molar-refractivity contribution < 1.29 is 18.0 Å². The molecule has 5 heteroatoms. The fraction of sp³-hybridized carbons (Fsp3) is 0.417. The molecular weight excluding hydrogens is 297 g/mol. The number of alkyl halides is 3. The Hall–Kier alpha value is -0.840. The molecular formula is C12H12BrF3O. The Morgan fingerprint density at radius 1 is 1.35 bits per heavy atom. The molecule has 0 saturated carbocycles. The molecule has 0 aliphatic carbocycles. The number of rotatable bonds is 4. The summed E-state index contributed by atoms with van der Waals surface area (Å²) in [7, 11) is 0. The average Bonchev–Trinajstić information content (AvgIpc) is 2.19. The van der Waals surface area contributed by atoms with Crippen LogP contribution >= 0.6 is 15.9 Å². The van der Waals surface area contributed by atoms with Crippen molar-refractivity contribution in [1.29, 1.82) is 0 Å². The van der Waals surface area contributed by atoms with Crippen molar-refractivity contribution in [2.45, 2.75) is 32.4 Å². The van der Waals surface area contributed by atoms with Crippen LogP contribution in [0.3, 0.4) is 0 Å². The van der Waals surface area contributed by atoms with E-state index in [1.807, 2.05) is 25.1 Å². The van der Waals surface area contributed by atoms with Crippen molar-refractivity contribution in [2.24, 2.45) is 0 Å². The van der Waals surface area contributed by atoms with E-state index in [4.69, 9.17) is 0 Å². The highest BCUT2D eigenvalue weighted by Crippen LogP contribution is 2.21. The summed E-state index contributed by atoms with van der Waals surface area (Å²) < 4.78 is 36.8. The van der Waals surface area contributed by atoms with E-state index in [0.29, 0.717) is 6.42 Å². The first-order chi connectivity index (χ1) is 7.80. The Morgan fingerprint density at radius 2 is 2.00 bits per heavy atom. The van der Waals surface area contributed by atoms with Crippen LogP contribution < -0.4 is 0 Å². The van der Waals surface area contributed by atoms with E-state index in [1.165, 1.54) is 0 Å². The summed E-state index contributed by atoms with van der Waals surface area (Å²) in [5.41, 5.74) is 1.99. The maximum absolute atomic E-state index is 12.0. The molecule has 0 saturated heterocycles. The Balaban J connectivity index is 2.49. The van der Waals surface area contributed by atoms with E-state index < -0.39 is 18.4 Å². The fourth-order valence-electron chi connectivity index (χ4n) is 1.52. The van der Waals surface area contributed by atoms with Gasteiger partial charge in [-0.15, -0.1) is 0 Å². The minimum absolute atomic E-state index is 0.223. The molecule has 0 N–H and O–H groups in total. The van der Waals surface area contributed by atoms with E-state index in [1.54, 1.807) is 0 Å². The number of ketones is 1. The Bertz CT molecular complexity index is 413. The Labute approximate surface area is 106 Å². The topological polar surface area (TPSA) is 17.1 Å². The van der Waals surface area contributed by atoms with Gasteiger partial charge in [0.05, 0.1) is 0 Å². The van der Waals surface area contributed by atoms with Crippen molar-refractivity contribution in [3.05, 3.63) is 33.8 Å². The molecule has 17 heavy (non-hydrogen) atoms. The van der Waals surface area contributed by atoms with Crippen LogP contribution in [0.1, 0.15) is 24.0 Å². The smallest absolute Gasteiger partial charge is 0.290 e. The molecule has 0 fully saturated rings. The molecule has 0 amide bonds. The molecule has 0 atom stereocenters. The van der Waals surface area contributed by atoms with Gasteiger partial charge in [-0.3, -0.25) is 4.79 Å². The maximum Gasteiger partial charge on any atom is 0.449 e. The van der Waals surface area contributed by atoms with Gasteiger partial charge in [0.15, 0.2) is 0 Å².